The molecule has 2 rings (SSSR count). The fourth-order valence-corrected chi connectivity index (χ4v) is 2.13. The van der Waals surface area contributed by atoms with E-state index in [9.17, 15) is 13.2 Å². The van der Waals surface area contributed by atoms with Crippen molar-refractivity contribution < 1.29 is 13.2 Å². The monoisotopic (exact) mass is 229 g/mol. The van der Waals surface area contributed by atoms with Crippen LogP contribution in [0.1, 0.15) is 16.7 Å². The lowest BCUT2D eigenvalue weighted by molar-refractivity contribution is -0.147. The lowest BCUT2D eigenvalue weighted by Crippen LogP contribution is -2.37. The van der Waals surface area contributed by atoms with Crippen LogP contribution in [-0.4, -0.2) is 24.2 Å². The van der Waals surface area contributed by atoms with Crippen molar-refractivity contribution in [2.45, 2.75) is 26.1 Å². The lowest BCUT2D eigenvalue weighted by Gasteiger charge is -2.29. The summed E-state index contributed by atoms with van der Waals surface area (Å²) in [6.45, 7) is 2.06. The molecule has 0 aliphatic carbocycles. The Morgan fingerprint density at radius 2 is 2.00 bits per heavy atom. The van der Waals surface area contributed by atoms with Gasteiger partial charge in [-0.05, 0) is 24.5 Å². The fraction of sp³-hybridized carbons (Fsp3) is 0.500. The van der Waals surface area contributed by atoms with Crippen LogP contribution in [0.5, 0.6) is 0 Å². The number of nitrogens with zero attached hydrogens (tertiary/aromatic N) is 1. The molecule has 0 bridgehead atoms. The van der Waals surface area contributed by atoms with E-state index in [2.05, 4.69) is 0 Å². The van der Waals surface area contributed by atoms with Crippen LogP contribution in [0.25, 0.3) is 0 Å². The number of alkyl halides is 3. The van der Waals surface area contributed by atoms with Crippen molar-refractivity contribution in [2.24, 2.45) is 0 Å². The van der Waals surface area contributed by atoms with E-state index in [1.54, 1.807) is 0 Å². The van der Waals surface area contributed by atoms with Gasteiger partial charge in [-0.1, -0.05) is 23.8 Å². The molecule has 1 heterocycles. The predicted molar refractivity (Wildman–Crippen MR) is 56.2 cm³/mol. The van der Waals surface area contributed by atoms with E-state index in [0.29, 0.717) is 19.5 Å². The Balaban J connectivity index is 2.11. The molecule has 0 spiro atoms. The van der Waals surface area contributed by atoms with Crippen molar-refractivity contribution in [1.29, 1.82) is 0 Å². The van der Waals surface area contributed by atoms with Gasteiger partial charge in [0.2, 0.25) is 0 Å². The van der Waals surface area contributed by atoms with Crippen LogP contribution in [0.3, 0.4) is 0 Å². The first-order chi connectivity index (χ1) is 7.44. The largest absolute Gasteiger partial charge is 0.401 e. The minimum atomic E-state index is -4.10. The van der Waals surface area contributed by atoms with E-state index in [1.165, 1.54) is 10.5 Å². The summed E-state index contributed by atoms with van der Waals surface area (Å²) in [6.07, 6.45) is -3.38. The van der Waals surface area contributed by atoms with Gasteiger partial charge in [0.25, 0.3) is 0 Å². The number of halogens is 3. The summed E-state index contributed by atoms with van der Waals surface area (Å²) in [5.74, 6) is 0. The van der Waals surface area contributed by atoms with E-state index in [1.807, 2.05) is 25.1 Å². The van der Waals surface area contributed by atoms with Crippen molar-refractivity contribution >= 4 is 0 Å². The Bertz CT molecular complexity index is 384. The molecule has 88 valence electrons. The standard InChI is InChI=1S/C12H14F3N/c1-9-2-3-10-4-5-16(7-11(10)6-9)8-12(13,14)15/h2-3,6H,4-5,7-8H2,1H3. The van der Waals surface area contributed by atoms with E-state index in [4.69, 9.17) is 0 Å². The van der Waals surface area contributed by atoms with Crippen molar-refractivity contribution in [3.05, 3.63) is 34.9 Å². The van der Waals surface area contributed by atoms with Crippen LogP contribution in [0.15, 0.2) is 18.2 Å². The van der Waals surface area contributed by atoms with Gasteiger partial charge in [0, 0.05) is 13.1 Å². The summed E-state index contributed by atoms with van der Waals surface area (Å²) in [5.41, 5.74) is 3.33. The minimum Gasteiger partial charge on any atom is -0.290 e. The summed E-state index contributed by atoms with van der Waals surface area (Å²) >= 11 is 0. The summed E-state index contributed by atoms with van der Waals surface area (Å²) in [6, 6.07) is 6.02. The first-order valence-electron chi connectivity index (χ1n) is 5.31. The lowest BCUT2D eigenvalue weighted by atomic mass is 9.98. The van der Waals surface area contributed by atoms with E-state index in [0.717, 1.165) is 11.1 Å². The summed E-state index contributed by atoms with van der Waals surface area (Å²) in [7, 11) is 0. The molecule has 0 radical (unpaired) electrons. The summed E-state index contributed by atoms with van der Waals surface area (Å²) in [4.78, 5) is 1.46. The van der Waals surface area contributed by atoms with Crippen molar-refractivity contribution in [1.82, 2.24) is 4.90 Å². The van der Waals surface area contributed by atoms with Gasteiger partial charge in [-0.15, -0.1) is 0 Å². The zero-order valence-electron chi connectivity index (χ0n) is 9.14. The first kappa shape index (κ1) is 11.5. The van der Waals surface area contributed by atoms with Crippen LogP contribution in [0, 0.1) is 6.92 Å². The number of rotatable bonds is 1. The molecule has 0 atom stereocenters. The zero-order valence-corrected chi connectivity index (χ0v) is 9.14. The summed E-state index contributed by atoms with van der Waals surface area (Å²) < 4.78 is 36.8. The average molecular weight is 229 g/mol. The second-order valence-corrected chi connectivity index (χ2v) is 4.35. The normalized spacial score (nSPS) is 17.2. The van der Waals surface area contributed by atoms with E-state index < -0.39 is 12.7 Å². The number of hydrogen-bond donors (Lipinski definition) is 0. The maximum Gasteiger partial charge on any atom is 0.401 e. The van der Waals surface area contributed by atoms with E-state index >= 15 is 0 Å². The van der Waals surface area contributed by atoms with Gasteiger partial charge in [0.15, 0.2) is 0 Å². The molecule has 1 aromatic carbocycles. The zero-order chi connectivity index (χ0) is 11.8. The highest BCUT2D eigenvalue weighted by Gasteiger charge is 2.31. The molecule has 1 aliphatic heterocycles. The van der Waals surface area contributed by atoms with Crippen LogP contribution in [0.4, 0.5) is 13.2 Å². The third-order valence-corrected chi connectivity index (χ3v) is 2.86. The Labute approximate surface area is 92.9 Å². The average Bonchev–Trinajstić information content (AvgIpc) is 2.14. The Morgan fingerprint density at radius 1 is 1.25 bits per heavy atom. The highest BCUT2D eigenvalue weighted by atomic mass is 19.4. The molecule has 1 aromatic rings. The molecule has 0 saturated heterocycles. The van der Waals surface area contributed by atoms with Crippen molar-refractivity contribution in [3.63, 3.8) is 0 Å². The fourth-order valence-electron chi connectivity index (χ4n) is 2.13. The number of benzene rings is 1. The van der Waals surface area contributed by atoms with Gasteiger partial charge in [0.1, 0.15) is 0 Å². The molecule has 0 aromatic heterocycles. The molecule has 1 aliphatic rings. The van der Waals surface area contributed by atoms with Gasteiger partial charge >= 0.3 is 6.18 Å². The maximum absolute atomic E-state index is 12.3. The molecule has 0 unspecified atom stereocenters. The third kappa shape index (κ3) is 2.76. The van der Waals surface area contributed by atoms with Crippen molar-refractivity contribution in [2.75, 3.05) is 13.1 Å². The number of fused-ring (bicyclic) bond motifs is 1. The molecular formula is C12H14F3N. The van der Waals surface area contributed by atoms with Crippen molar-refractivity contribution in [3.8, 4) is 0 Å². The topological polar surface area (TPSA) is 3.24 Å². The second-order valence-electron chi connectivity index (χ2n) is 4.35. The number of aryl methyl sites for hydroxylation is 1. The van der Waals surface area contributed by atoms with Gasteiger partial charge in [-0.3, -0.25) is 4.90 Å². The predicted octanol–water partition coefficient (Wildman–Crippen LogP) is 2.92. The molecule has 0 fully saturated rings. The first-order valence-corrected chi connectivity index (χ1v) is 5.31. The highest BCUT2D eigenvalue weighted by Crippen LogP contribution is 2.24. The molecule has 0 amide bonds. The van der Waals surface area contributed by atoms with Gasteiger partial charge in [0.05, 0.1) is 6.54 Å². The van der Waals surface area contributed by atoms with Crippen LogP contribution < -0.4 is 0 Å². The Morgan fingerprint density at radius 3 is 2.69 bits per heavy atom. The summed E-state index contributed by atoms with van der Waals surface area (Å²) in [5, 5.41) is 0. The number of hydrogen-bond acceptors (Lipinski definition) is 1. The molecule has 4 heteroatoms. The Kier molecular flexibility index (Phi) is 2.93. The quantitative estimate of drug-likeness (QED) is 0.715. The van der Waals surface area contributed by atoms with Crippen LogP contribution in [-0.2, 0) is 13.0 Å². The van der Waals surface area contributed by atoms with Crippen LogP contribution >= 0.6 is 0 Å². The van der Waals surface area contributed by atoms with Crippen LogP contribution in [0.2, 0.25) is 0 Å². The molecule has 16 heavy (non-hydrogen) atoms. The molecular weight excluding hydrogens is 215 g/mol. The molecule has 0 saturated carbocycles. The SMILES string of the molecule is Cc1ccc2c(c1)CN(CC(F)(F)F)CC2. The molecule has 1 nitrogen and oxygen atoms in total. The minimum absolute atomic E-state index is 0.413. The maximum atomic E-state index is 12.3. The van der Waals surface area contributed by atoms with Gasteiger partial charge in [-0.2, -0.15) is 13.2 Å². The third-order valence-electron chi connectivity index (χ3n) is 2.86. The second kappa shape index (κ2) is 4.09. The highest BCUT2D eigenvalue weighted by molar-refractivity contribution is 5.33. The van der Waals surface area contributed by atoms with E-state index in [-0.39, 0.29) is 0 Å². The smallest absolute Gasteiger partial charge is 0.290 e. The van der Waals surface area contributed by atoms with Gasteiger partial charge < -0.3 is 0 Å². The molecule has 0 N–H and O–H groups in total. The van der Waals surface area contributed by atoms with Gasteiger partial charge in [-0.25, -0.2) is 0 Å². The Hall–Kier alpha value is -1.03.